The van der Waals surface area contributed by atoms with Crippen molar-refractivity contribution in [2.75, 3.05) is 6.54 Å². The number of aromatic amines is 1. The molecule has 0 spiro atoms. The second-order valence-corrected chi connectivity index (χ2v) is 4.19. The standard InChI is InChI=1S/C10H14N4S/c1-2-3-11-7-8-6-9(14-13-8)10-12-4-5-15-10/h4-6,11H,2-3,7H2,1H3,(H,13,14). The summed E-state index contributed by atoms with van der Waals surface area (Å²) in [5, 5.41) is 13.5. The fraction of sp³-hybridized carbons (Fsp3) is 0.400. The SMILES string of the molecule is CCCNCc1cc(-c2nccs2)n[nH]1. The normalized spacial score (nSPS) is 10.7. The van der Waals surface area contributed by atoms with Crippen LogP contribution in [-0.2, 0) is 6.54 Å². The maximum absolute atomic E-state index is 4.22. The summed E-state index contributed by atoms with van der Waals surface area (Å²) in [7, 11) is 0. The summed E-state index contributed by atoms with van der Waals surface area (Å²) in [6.45, 7) is 4.03. The molecule has 2 aromatic rings. The first-order chi connectivity index (χ1) is 7.40. The van der Waals surface area contributed by atoms with Gasteiger partial charge in [0, 0.05) is 23.8 Å². The van der Waals surface area contributed by atoms with E-state index in [2.05, 4.69) is 27.4 Å². The number of aromatic nitrogens is 3. The molecule has 0 bridgehead atoms. The lowest BCUT2D eigenvalue weighted by molar-refractivity contribution is 0.662. The van der Waals surface area contributed by atoms with Gasteiger partial charge in [-0.15, -0.1) is 11.3 Å². The minimum absolute atomic E-state index is 0.839. The molecule has 2 rings (SSSR count). The van der Waals surface area contributed by atoms with E-state index in [0.29, 0.717) is 0 Å². The first-order valence-corrected chi connectivity index (χ1v) is 5.93. The van der Waals surface area contributed by atoms with E-state index in [1.807, 2.05) is 11.4 Å². The van der Waals surface area contributed by atoms with Gasteiger partial charge < -0.3 is 5.32 Å². The third kappa shape index (κ3) is 2.64. The molecular formula is C10H14N4S. The Kier molecular flexibility index (Phi) is 3.47. The summed E-state index contributed by atoms with van der Waals surface area (Å²) in [6, 6.07) is 2.04. The van der Waals surface area contributed by atoms with Gasteiger partial charge in [0.05, 0.1) is 0 Å². The Morgan fingerprint density at radius 1 is 1.53 bits per heavy atom. The summed E-state index contributed by atoms with van der Waals surface area (Å²) < 4.78 is 0. The lowest BCUT2D eigenvalue weighted by Gasteiger charge is -1.97. The van der Waals surface area contributed by atoms with E-state index in [1.165, 1.54) is 0 Å². The van der Waals surface area contributed by atoms with Crippen LogP contribution >= 0.6 is 11.3 Å². The predicted molar refractivity (Wildman–Crippen MR) is 61.7 cm³/mol. The zero-order valence-electron chi connectivity index (χ0n) is 8.66. The second-order valence-electron chi connectivity index (χ2n) is 3.29. The third-order valence-electron chi connectivity index (χ3n) is 2.02. The number of thiazole rings is 1. The van der Waals surface area contributed by atoms with Crippen LogP contribution in [0, 0.1) is 0 Å². The first kappa shape index (κ1) is 10.3. The van der Waals surface area contributed by atoms with E-state index >= 15 is 0 Å². The van der Waals surface area contributed by atoms with Gasteiger partial charge in [-0.3, -0.25) is 5.10 Å². The topological polar surface area (TPSA) is 53.6 Å². The van der Waals surface area contributed by atoms with Crippen molar-refractivity contribution in [2.24, 2.45) is 0 Å². The smallest absolute Gasteiger partial charge is 0.143 e. The van der Waals surface area contributed by atoms with Crippen LogP contribution in [0.15, 0.2) is 17.6 Å². The van der Waals surface area contributed by atoms with Crippen LogP contribution in [0.5, 0.6) is 0 Å². The van der Waals surface area contributed by atoms with Gasteiger partial charge >= 0.3 is 0 Å². The second kappa shape index (κ2) is 5.04. The van der Waals surface area contributed by atoms with Crippen molar-refractivity contribution in [3.8, 4) is 10.7 Å². The van der Waals surface area contributed by atoms with Crippen LogP contribution in [0.3, 0.4) is 0 Å². The molecule has 15 heavy (non-hydrogen) atoms. The molecule has 5 heteroatoms. The van der Waals surface area contributed by atoms with Crippen molar-refractivity contribution in [3.05, 3.63) is 23.3 Å². The predicted octanol–water partition coefficient (Wildman–Crippen LogP) is 2.03. The van der Waals surface area contributed by atoms with Gasteiger partial charge in [0.2, 0.25) is 0 Å². The van der Waals surface area contributed by atoms with Crippen LogP contribution in [0.4, 0.5) is 0 Å². The van der Waals surface area contributed by atoms with Gasteiger partial charge in [-0.05, 0) is 19.0 Å². The van der Waals surface area contributed by atoms with Crippen molar-refractivity contribution < 1.29 is 0 Å². The van der Waals surface area contributed by atoms with Gasteiger partial charge in [0.1, 0.15) is 10.7 Å². The Morgan fingerprint density at radius 3 is 3.20 bits per heavy atom. The molecule has 0 unspecified atom stereocenters. The Bertz CT molecular complexity index is 393. The van der Waals surface area contributed by atoms with Gasteiger partial charge in [-0.25, -0.2) is 4.98 Å². The van der Waals surface area contributed by atoms with Crippen molar-refractivity contribution in [1.82, 2.24) is 20.5 Å². The highest BCUT2D eigenvalue weighted by atomic mass is 32.1. The molecule has 0 aromatic carbocycles. The quantitative estimate of drug-likeness (QED) is 0.761. The Morgan fingerprint density at radius 2 is 2.47 bits per heavy atom. The minimum Gasteiger partial charge on any atom is -0.311 e. The molecule has 0 aliphatic carbocycles. The molecule has 0 radical (unpaired) electrons. The lowest BCUT2D eigenvalue weighted by Crippen LogP contribution is -2.13. The maximum atomic E-state index is 4.22. The Labute approximate surface area is 92.8 Å². The molecule has 0 amide bonds. The minimum atomic E-state index is 0.839. The molecule has 2 N–H and O–H groups in total. The maximum Gasteiger partial charge on any atom is 0.143 e. The van der Waals surface area contributed by atoms with E-state index in [-0.39, 0.29) is 0 Å². The van der Waals surface area contributed by atoms with Crippen LogP contribution in [0.1, 0.15) is 19.0 Å². The monoisotopic (exact) mass is 222 g/mol. The number of rotatable bonds is 5. The molecule has 2 aromatic heterocycles. The van der Waals surface area contributed by atoms with Crippen molar-refractivity contribution in [3.63, 3.8) is 0 Å². The zero-order valence-corrected chi connectivity index (χ0v) is 9.47. The zero-order chi connectivity index (χ0) is 10.5. The molecule has 0 aliphatic heterocycles. The molecule has 80 valence electrons. The van der Waals surface area contributed by atoms with E-state index in [9.17, 15) is 0 Å². The molecular weight excluding hydrogens is 208 g/mol. The van der Waals surface area contributed by atoms with Crippen LogP contribution in [-0.4, -0.2) is 21.7 Å². The van der Waals surface area contributed by atoms with Crippen LogP contribution in [0.25, 0.3) is 10.7 Å². The van der Waals surface area contributed by atoms with Crippen LogP contribution in [0.2, 0.25) is 0 Å². The molecule has 0 aliphatic rings. The average Bonchev–Trinajstić information content (AvgIpc) is 2.87. The fourth-order valence-corrected chi connectivity index (χ4v) is 1.91. The summed E-state index contributed by atoms with van der Waals surface area (Å²) in [6.07, 6.45) is 2.94. The highest BCUT2D eigenvalue weighted by Gasteiger charge is 2.05. The molecule has 0 fully saturated rings. The van der Waals surface area contributed by atoms with E-state index < -0.39 is 0 Å². The molecule has 0 atom stereocenters. The van der Waals surface area contributed by atoms with Crippen molar-refractivity contribution in [2.45, 2.75) is 19.9 Å². The Hall–Kier alpha value is -1.20. The number of hydrogen-bond acceptors (Lipinski definition) is 4. The lowest BCUT2D eigenvalue weighted by atomic mass is 10.3. The van der Waals surface area contributed by atoms with E-state index in [0.717, 1.165) is 35.9 Å². The van der Waals surface area contributed by atoms with Gasteiger partial charge in [-0.1, -0.05) is 6.92 Å². The van der Waals surface area contributed by atoms with E-state index in [1.54, 1.807) is 17.5 Å². The number of H-pyrrole nitrogens is 1. The summed E-state index contributed by atoms with van der Waals surface area (Å²) in [4.78, 5) is 4.21. The van der Waals surface area contributed by atoms with Crippen molar-refractivity contribution in [1.29, 1.82) is 0 Å². The van der Waals surface area contributed by atoms with Crippen LogP contribution < -0.4 is 5.32 Å². The van der Waals surface area contributed by atoms with Crippen molar-refractivity contribution >= 4 is 11.3 Å². The fourth-order valence-electron chi connectivity index (χ4n) is 1.31. The largest absolute Gasteiger partial charge is 0.311 e. The van der Waals surface area contributed by atoms with Gasteiger partial charge in [0.25, 0.3) is 0 Å². The third-order valence-corrected chi connectivity index (χ3v) is 2.82. The summed E-state index contributed by atoms with van der Waals surface area (Å²) in [5.74, 6) is 0. The first-order valence-electron chi connectivity index (χ1n) is 5.05. The van der Waals surface area contributed by atoms with Gasteiger partial charge in [-0.2, -0.15) is 5.10 Å². The Balaban J connectivity index is 1.98. The summed E-state index contributed by atoms with van der Waals surface area (Å²) >= 11 is 1.60. The van der Waals surface area contributed by atoms with Gasteiger partial charge in [0.15, 0.2) is 0 Å². The number of hydrogen-bond donors (Lipinski definition) is 2. The molecule has 0 saturated carbocycles. The number of nitrogens with zero attached hydrogens (tertiary/aromatic N) is 2. The highest BCUT2D eigenvalue weighted by Crippen LogP contribution is 2.19. The van der Waals surface area contributed by atoms with E-state index in [4.69, 9.17) is 0 Å². The highest BCUT2D eigenvalue weighted by molar-refractivity contribution is 7.13. The molecule has 4 nitrogen and oxygen atoms in total. The molecule has 2 heterocycles. The number of nitrogens with one attached hydrogen (secondary N) is 2. The molecule has 0 saturated heterocycles. The average molecular weight is 222 g/mol. The summed E-state index contributed by atoms with van der Waals surface area (Å²) in [5.41, 5.74) is 2.03.